The van der Waals surface area contributed by atoms with E-state index in [2.05, 4.69) is 15.6 Å². The minimum absolute atomic E-state index is 0.0479. The van der Waals surface area contributed by atoms with Crippen molar-refractivity contribution in [3.05, 3.63) is 66.4 Å². The van der Waals surface area contributed by atoms with Gasteiger partial charge in [-0.2, -0.15) is 4.98 Å². The molecule has 1 aromatic heterocycles. The highest BCUT2D eigenvalue weighted by atomic mass is 16.5. The SMILES string of the molecule is COc1ccc(N2Cc3cnc(Nc4ccccc4)nc3N([C@@H]3CCNC3)C2=O)cc1. The van der Waals surface area contributed by atoms with E-state index in [-0.39, 0.29) is 12.1 Å². The fraction of sp³-hybridized carbons (Fsp3) is 0.261. The number of amides is 2. The maximum absolute atomic E-state index is 13.6. The number of carbonyl (C=O) groups is 1. The van der Waals surface area contributed by atoms with E-state index < -0.39 is 0 Å². The Balaban J connectivity index is 1.51. The molecule has 0 spiro atoms. The summed E-state index contributed by atoms with van der Waals surface area (Å²) in [5.74, 6) is 1.91. The maximum Gasteiger partial charge on any atom is 0.330 e. The Morgan fingerprint density at radius 1 is 1.13 bits per heavy atom. The first-order chi connectivity index (χ1) is 15.2. The van der Waals surface area contributed by atoms with E-state index in [4.69, 9.17) is 9.72 Å². The van der Waals surface area contributed by atoms with Crippen LogP contribution in [-0.2, 0) is 6.54 Å². The first kappa shape index (κ1) is 19.3. The first-order valence-electron chi connectivity index (χ1n) is 10.4. The van der Waals surface area contributed by atoms with Crippen LogP contribution in [0.25, 0.3) is 0 Å². The van der Waals surface area contributed by atoms with Crippen LogP contribution in [-0.4, -0.2) is 42.2 Å². The van der Waals surface area contributed by atoms with Gasteiger partial charge in [-0.3, -0.25) is 9.80 Å². The van der Waals surface area contributed by atoms with Gasteiger partial charge in [-0.05, 0) is 49.4 Å². The molecular formula is C23H24N6O2. The van der Waals surface area contributed by atoms with Crippen molar-refractivity contribution in [2.75, 3.05) is 35.3 Å². The fourth-order valence-electron chi connectivity index (χ4n) is 4.04. The smallest absolute Gasteiger partial charge is 0.330 e. The van der Waals surface area contributed by atoms with Gasteiger partial charge in [0.05, 0.1) is 19.7 Å². The molecule has 158 valence electrons. The van der Waals surface area contributed by atoms with Crippen LogP contribution in [0.3, 0.4) is 0 Å². The molecule has 2 aliphatic heterocycles. The molecule has 2 amide bonds. The number of carbonyl (C=O) groups excluding carboxylic acids is 1. The Hall–Kier alpha value is -3.65. The summed E-state index contributed by atoms with van der Waals surface area (Å²) in [6.07, 6.45) is 2.69. The number of benzene rings is 2. The fourth-order valence-corrected chi connectivity index (χ4v) is 4.04. The number of ether oxygens (including phenoxy) is 1. The summed E-state index contributed by atoms with van der Waals surface area (Å²) in [6, 6.07) is 17.3. The second-order valence-electron chi connectivity index (χ2n) is 7.62. The third-order valence-electron chi connectivity index (χ3n) is 5.65. The van der Waals surface area contributed by atoms with Crippen molar-refractivity contribution in [2.45, 2.75) is 19.0 Å². The van der Waals surface area contributed by atoms with Crippen molar-refractivity contribution in [1.29, 1.82) is 0 Å². The number of hydrogen-bond acceptors (Lipinski definition) is 6. The monoisotopic (exact) mass is 416 g/mol. The van der Waals surface area contributed by atoms with Gasteiger partial charge < -0.3 is 15.4 Å². The van der Waals surface area contributed by atoms with Crippen LogP contribution in [0, 0.1) is 0 Å². The predicted molar refractivity (Wildman–Crippen MR) is 120 cm³/mol. The van der Waals surface area contributed by atoms with Gasteiger partial charge in [0.2, 0.25) is 5.95 Å². The molecule has 1 atom stereocenters. The molecule has 31 heavy (non-hydrogen) atoms. The van der Waals surface area contributed by atoms with Crippen molar-refractivity contribution in [3.8, 4) is 5.75 Å². The van der Waals surface area contributed by atoms with Gasteiger partial charge in [-0.15, -0.1) is 0 Å². The van der Waals surface area contributed by atoms with Crippen LogP contribution in [0.1, 0.15) is 12.0 Å². The number of hydrogen-bond donors (Lipinski definition) is 2. The third kappa shape index (κ3) is 3.77. The molecular weight excluding hydrogens is 392 g/mol. The number of nitrogens with zero attached hydrogens (tertiary/aromatic N) is 4. The van der Waals surface area contributed by atoms with Crippen molar-refractivity contribution in [3.63, 3.8) is 0 Å². The number of fused-ring (bicyclic) bond motifs is 1. The van der Waals surface area contributed by atoms with E-state index in [9.17, 15) is 4.79 Å². The number of rotatable bonds is 5. The number of urea groups is 1. The largest absolute Gasteiger partial charge is 0.497 e. The van der Waals surface area contributed by atoms with Crippen LogP contribution < -0.4 is 25.2 Å². The number of anilines is 4. The minimum atomic E-state index is -0.0734. The Morgan fingerprint density at radius 3 is 2.65 bits per heavy atom. The zero-order valence-electron chi connectivity index (χ0n) is 17.3. The Morgan fingerprint density at radius 2 is 1.94 bits per heavy atom. The van der Waals surface area contributed by atoms with Crippen LogP contribution >= 0.6 is 0 Å². The van der Waals surface area contributed by atoms with E-state index in [0.29, 0.717) is 18.3 Å². The summed E-state index contributed by atoms with van der Waals surface area (Å²) in [4.78, 5) is 26.5. The van der Waals surface area contributed by atoms with Gasteiger partial charge in [-0.1, -0.05) is 18.2 Å². The topological polar surface area (TPSA) is 82.6 Å². The number of aromatic nitrogens is 2. The van der Waals surface area contributed by atoms with Crippen LogP contribution in [0.15, 0.2) is 60.8 Å². The summed E-state index contributed by atoms with van der Waals surface area (Å²) >= 11 is 0. The Labute approximate surface area is 180 Å². The van der Waals surface area contributed by atoms with E-state index >= 15 is 0 Å². The second-order valence-corrected chi connectivity index (χ2v) is 7.62. The van der Waals surface area contributed by atoms with Gasteiger partial charge in [0, 0.05) is 29.7 Å². The van der Waals surface area contributed by atoms with E-state index in [1.165, 1.54) is 0 Å². The minimum Gasteiger partial charge on any atom is -0.497 e. The van der Waals surface area contributed by atoms with Crippen molar-refractivity contribution >= 4 is 29.2 Å². The standard InChI is InChI=1S/C23H24N6O2/c1-31-20-9-7-18(8-10-20)28-15-16-13-25-22(26-17-5-3-2-4-6-17)27-21(16)29(23(28)30)19-11-12-24-14-19/h2-10,13,19,24H,11-12,14-15H2,1H3,(H,25,26,27)/t19-/m1/s1. The molecule has 0 aliphatic carbocycles. The highest BCUT2D eigenvalue weighted by molar-refractivity contribution is 6.06. The molecule has 2 aromatic carbocycles. The Bertz CT molecular complexity index is 1070. The quantitative estimate of drug-likeness (QED) is 0.662. The zero-order valence-corrected chi connectivity index (χ0v) is 17.3. The lowest BCUT2D eigenvalue weighted by molar-refractivity contribution is 0.248. The Kier molecular flexibility index (Phi) is 5.13. The average molecular weight is 416 g/mol. The zero-order chi connectivity index (χ0) is 21.2. The predicted octanol–water partition coefficient (Wildman–Crippen LogP) is 3.54. The summed E-state index contributed by atoms with van der Waals surface area (Å²) in [5, 5.41) is 6.59. The molecule has 1 fully saturated rings. The van der Waals surface area contributed by atoms with Crippen molar-refractivity contribution in [1.82, 2.24) is 15.3 Å². The molecule has 3 heterocycles. The number of methoxy groups -OCH3 is 1. The third-order valence-corrected chi connectivity index (χ3v) is 5.65. The van der Waals surface area contributed by atoms with Gasteiger partial charge in [0.25, 0.3) is 0 Å². The molecule has 8 heteroatoms. The lowest BCUT2D eigenvalue weighted by Crippen LogP contribution is -2.53. The lowest BCUT2D eigenvalue weighted by Gasteiger charge is -2.39. The summed E-state index contributed by atoms with van der Waals surface area (Å²) in [7, 11) is 1.63. The normalized spacial score (nSPS) is 18.1. The summed E-state index contributed by atoms with van der Waals surface area (Å²) in [6.45, 7) is 2.04. The van der Waals surface area contributed by atoms with Crippen LogP contribution in [0.2, 0.25) is 0 Å². The number of para-hydroxylation sites is 1. The maximum atomic E-state index is 13.6. The molecule has 0 bridgehead atoms. The van der Waals surface area contributed by atoms with E-state index in [0.717, 1.165) is 42.2 Å². The van der Waals surface area contributed by atoms with Crippen LogP contribution in [0.5, 0.6) is 5.75 Å². The highest BCUT2D eigenvalue weighted by Crippen LogP contribution is 2.34. The molecule has 0 radical (unpaired) electrons. The number of nitrogens with one attached hydrogen (secondary N) is 2. The molecule has 2 aliphatic rings. The first-order valence-corrected chi connectivity index (χ1v) is 10.4. The van der Waals surface area contributed by atoms with Gasteiger partial charge in [-0.25, -0.2) is 9.78 Å². The molecule has 8 nitrogen and oxygen atoms in total. The lowest BCUT2D eigenvalue weighted by atomic mass is 10.1. The van der Waals surface area contributed by atoms with Crippen molar-refractivity contribution in [2.24, 2.45) is 0 Å². The molecule has 3 aromatic rings. The van der Waals surface area contributed by atoms with E-state index in [1.54, 1.807) is 12.0 Å². The van der Waals surface area contributed by atoms with Gasteiger partial charge in [0.15, 0.2) is 0 Å². The van der Waals surface area contributed by atoms with Gasteiger partial charge in [0.1, 0.15) is 11.6 Å². The molecule has 5 rings (SSSR count). The van der Waals surface area contributed by atoms with Crippen LogP contribution in [0.4, 0.5) is 27.9 Å². The second kappa shape index (κ2) is 8.23. The molecule has 1 saturated heterocycles. The molecule has 0 unspecified atom stereocenters. The summed E-state index contributed by atoms with van der Waals surface area (Å²) in [5.41, 5.74) is 2.64. The highest BCUT2D eigenvalue weighted by Gasteiger charge is 2.38. The summed E-state index contributed by atoms with van der Waals surface area (Å²) < 4.78 is 5.25. The van der Waals surface area contributed by atoms with Crippen molar-refractivity contribution < 1.29 is 9.53 Å². The molecule has 2 N–H and O–H groups in total. The van der Waals surface area contributed by atoms with E-state index in [1.807, 2.05) is 65.7 Å². The molecule has 0 saturated carbocycles. The van der Waals surface area contributed by atoms with Gasteiger partial charge >= 0.3 is 6.03 Å². The average Bonchev–Trinajstić information content (AvgIpc) is 3.34.